The molecule has 0 aromatic carbocycles. The number of carbonyl (C=O) groups excluding carboxylic acids is 3. The molecule has 30 heavy (non-hydrogen) atoms. The van der Waals surface area contributed by atoms with Crippen molar-refractivity contribution in [2.24, 2.45) is 5.92 Å². The number of carbonyl (C=O) groups is 4. The van der Waals surface area contributed by atoms with Crippen LogP contribution in [0.5, 0.6) is 0 Å². The average Bonchev–Trinajstić information content (AvgIpc) is 3.06. The summed E-state index contributed by atoms with van der Waals surface area (Å²) in [6.45, 7) is 4.84. The van der Waals surface area contributed by atoms with Crippen LogP contribution in [0.25, 0.3) is 0 Å². The van der Waals surface area contributed by atoms with E-state index in [0.717, 1.165) is 11.3 Å². The van der Waals surface area contributed by atoms with Crippen LogP contribution >= 0.6 is 0 Å². The van der Waals surface area contributed by atoms with E-state index in [1.165, 1.54) is 0 Å². The predicted octanol–water partition coefficient (Wildman–Crippen LogP) is 1.52. The number of allylic oxidation sites excluding steroid dienone is 2. The number of ether oxygens (including phenoxy) is 1. The second-order valence-electron chi connectivity index (χ2n) is 8.10. The lowest BCUT2D eigenvalue weighted by atomic mass is 9.90. The molecule has 2 atom stereocenters. The summed E-state index contributed by atoms with van der Waals surface area (Å²) in [4.78, 5) is 47.1. The van der Waals surface area contributed by atoms with Crippen molar-refractivity contribution in [1.82, 2.24) is 16.0 Å². The fourth-order valence-corrected chi connectivity index (χ4v) is 2.98. The summed E-state index contributed by atoms with van der Waals surface area (Å²) in [7, 11) is 0. The van der Waals surface area contributed by atoms with Gasteiger partial charge in [0.15, 0.2) is 5.78 Å². The zero-order chi connectivity index (χ0) is 22.3. The van der Waals surface area contributed by atoms with Gasteiger partial charge in [0, 0.05) is 31.4 Å². The monoisotopic (exact) mass is 417 g/mol. The molecule has 9 heteroatoms. The van der Waals surface area contributed by atoms with Crippen LogP contribution in [0.3, 0.4) is 0 Å². The molecule has 0 radical (unpaired) electrons. The maximum atomic E-state index is 12.1. The van der Waals surface area contributed by atoms with Gasteiger partial charge in [0.25, 0.3) is 0 Å². The van der Waals surface area contributed by atoms with Gasteiger partial charge in [0.05, 0.1) is 12.2 Å². The maximum absolute atomic E-state index is 12.1. The number of amides is 2. The SMILES string of the molecule is CC(C)(C)OC(=O)NCC(=O)CCC(=O)N[C@@H](CC1=CNC2=C=C=CCC21)C(=O)O. The molecule has 0 spiro atoms. The second kappa shape index (κ2) is 9.96. The van der Waals surface area contributed by atoms with Gasteiger partial charge in [-0.1, -0.05) is 5.73 Å². The fraction of sp³-hybridized carbons (Fsp3) is 0.524. The number of carboxylic acids is 1. The summed E-state index contributed by atoms with van der Waals surface area (Å²) in [5.41, 5.74) is 6.86. The molecular formula is C21H27N3O6. The highest BCUT2D eigenvalue weighted by molar-refractivity contribution is 5.89. The molecule has 1 aliphatic heterocycles. The molecule has 2 amide bonds. The first-order chi connectivity index (χ1) is 14.0. The Morgan fingerprint density at radius 1 is 1.30 bits per heavy atom. The molecule has 0 aromatic rings. The van der Waals surface area contributed by atoms with Crippen molar-refractivity contribution >= 4 is 23.8 Å². The molecule has 1 unspecified atom stereocenters. The number of alkyl carbamates (subject to hydrolysis) is 1. The van der Waals surface area contributed by atoms with Crippen molar-refractivity contribution < 1.29 is 29.0 Å². The Hall–Kier alpha value is -3.28. The first-order valence-electron chi connectivity index (χ1n) is 9.71. The van der Waals surface area contributed by atoms with Crippen molar-refractivity contribution in [3.63, 3.8) is 0 Å². The molecule has 1 heterocycles. The summed E-state index contributed by atoms with van der Waals surface area (Å²) in [5.74, 6) is -2.04. The van der Waals surface area contributed by atoms with E-state index in [4.69, 9.17) is 4.74 Å². The number of ketones is 1. The van der Waals surface area contributed by atoms with E-state index in [1.54, 1.807) is 27.0 Å². The summed E-state index contributed by atoms with van der Waals surface area (Å²) < 4.78 is 5.02. The van der Waals surface area contributed by atoms with Crippen LogP contribution in [-0.2, 0) is 19.1 Å². The zero-order valence-corrected chi connectivity index (χ0v) is 17.3. The number of Topliss-reactive ketones (excluding diaryl/α,β-unsaturated/α-hetero) is 1. The molecule has 9 nitrogen and oxygen atoms in total. The Labute approximate surface area is 174 Å². The highest BCUT2D eigenvalue weighted by atomic mass is 16.6. The molecule has 4 N–H and O–H groups in total. The summed E-state index contributed by atoms with van der Waals surface area (Å²) in [6, 6.07) is -1.10. The number of hydrogen-bond donors (Lipinski definition) is 4. The molecule has 2 rings (SSSR count). The Bertz CT molecular complexity index is 854. The van der Waals surface area contributed by atoms with Gasteiger partial charge in [-0.05, 0) is 44.6 Å². The van der Waals surface area contributed by atoms with E-state index < -0.39 is 29.6 Å². The molecular weight excluding hydrogens is 390 g/mol. The molecule has 162 valence electrons. The van der Waals surface area contributed by atoms with E-state index in [9.17, 15) is 24.3 Å². The smallest absolute Gasteiger partial charge is 0.408 e. The third kappa shape index (κ3) is 7.28. The van der Waals surface area contributed by atoms with E-state index in [0.29, 0.717) is 6.42 Å². The van der Waals surface area contributed by atoms with Crippen molar-refractivity contribution in [2.75, 3.05) is 6.54 Å². The number of fused-ring (bicyclic) bond motifs is 1. The van der Waals surface area contributed by atoms with Crippen LogP contribution in [0.15, 0.2) is 35.0 Å². The van der Waals surface area contributed by atoms with Crippen molar-refractivity contribution in [3.8, 4) is 0 Å². The molecule has 2 aliphatic rings. The van der Waals surface area contributed by atoms with Crippen LogP contribution in [0.4, 0.5) is 4.79 Å². The van der Waals surface area contributed by atoms with Gasteiger partial charge in [-0.25, -0.2) is 9.59 Å². The first kappa shape index (κ1) is 23.0. The third-order valence-corrected chi connectivity index (χ3v) is 4.40. The Balaban J connectivity index is 1.76. The minimum absolute atomic E-state index is 0.0190. The second-order valence-corrected chi connectivity index (χ2v) is 8.10. The highest BCUT2D eigenvalue weighted by Crippen LogP contribution is 2.31. The van der Waals surface area contributed by atoms with E-state index in [-0.39, 0.29) is 37.5 Å². The summed E-state index contributed by atoms with van der Waals surface area (Å²) in [5, 5.41) is 17.3. The third-order valence-electron chi connectivity index (χ3n) is 4.40. The number of aliphatic carboxylic acids is 1. The standard InChI is InChI=1S/C21H27N3O6/c1-21(2,3)30-20(29)23-12-14(25)8-9-18(26)24-17(19(27)28)10-13-11-22-16-7-5-4-6-15(13)16/h4,11,15,17,22H,6,8-10,12H2,1-3H3,(H,23,29)(H,24,26)(H,27,28)/t15?,17-/m0/s1. The van der Waals surface area contributed by atoms with Gasteiger partial charge in [0.2, 0.25) is 5.91 Å². The number of carboxylic acid groups (broad SMARTS) is 1. The van der Waals surface area contributed by atoms with Crippen molar-refractivity contribution in [3.05, 3.63) is 35.0 Å². The highest BCUT2D eigenvalue weighted by Gasteiger charge is 2.30. The van der Waals surface area contributed by atoms with Crippen molar-refractivity contribution in [1.29, 1.82) is 0 Å². The lowest BCUT2D eigenvalue weighted by molar-refractivity contribution is -0.141. The molecule has 1 aliphatic carbocycles. The van der Waals surface area contributed by atoms with E-state index in [1.807, 2.05) is 6.08 Å². The van der Waals surface area contributed by atoms with Crippen molar-refractivity contribution in [2.45, 2.75) is 58.1 Å². The van der Waals surface area contributed by atoms with Crippen LogP contribution in [-0.4, -0.2) is 47.0 Å². The average molecular weight is 417 g/mol. The molecule has 0 aromatic heterocycles. The largest absolute Gasteiger partial charge is 0.480 e. The minimum atomic E-state index is -1.15. The molecule has 0 saturated carbocycles. The zero-order valence-electron chi connectivity index (χ0n) is 17.3. The number of hydrogen-bond acceptors (Lipinski definition) is 6. The Morgan fingerprint density at radius 3 is 2.70 bits per heavy atom. The Kier molecular flexibility index (Phi) is 7.64. The van der Waals surface area contributed by atoms with E-state index >= 15 is 0 Å². The number of nitrogens with one attached hydrogen (secondary N) is 3. The van der Waals surface area contributed by atoms with Crippen LogP contribution in [0, 0.1) is 5.92 Å². The quantitative estimate of drug-likeness (QED) is 0.418. The van der Waals surface area contributed by atoms with Gasteiger partial charge in [0.1, 0.15) is 11.6 Å². The number of rotatable bonds is 9. The van der Waals surface area contributed by atoms with Crippen LogP contribution in [0.2, 0.25) is 0 Å². The van der Waals surface area contributed by atoms with Gasteiger partial charge < -0.3 is 25.8 Å². The maximum Gasteiger partial charge on any atom is 0.408 e. The fourth-order valence-electron chi connectivity index (χ4n) is 2.98. The first-order valence-corrected chi connectivity index (χ1v) is 9.71. The molecule has 0 saturated heterocycles. The molecule has 0 fully saturated rings. The Morgan fingerprint density at radius 2 is 2.03 bits per heavy atom. The van der Waals surface area contributed by atoms with Crippen LogP contribution < -0.4 is 16.0 Å². The minimum Gasteiger partial charge on any atom is -0.480 e. The molecule has 0 bridgehead atoms. The van der Waals surface area contributed by atoms with Crippen LogP contribution in [0.1, 0.15) is 46.5 Å². The lowest BCUT2D eigenvalue weighted by Gasteiger charge is -2.19. The normalized spacial score (nSPS) is 17.8. The summed E-state index contributed by atoms with van der Waals surface area (Å²) in [6.07, 6.45) is 3.40. The van der Waals surface area contributed by atoms with E-state index in [2.05, 4.69) is 27.4 Å². The topological polar surface area (TPSA) is 134 Å². The predicted molar refractivity (Wildman–Crippen MR) is 107 cm³/mol. The summed E-state index contributed by atoms with van der Waals surface area (Å²) >= 11 is 0. The van der Waals surface area contributed by atoms with Gasteiger partial charge in [-0.15, -0.1) is 0 Å². The van der Waals surface area contributed by atoms with Gasteiger partial charge >= 0.3 is 12.1 Å². The lowest BCUT2D eigenvalue weighted by Crippen LogP contribution is -2.41. The van der Waals surface area contributed by atoms with Gasteiger partial charge in [-0.3, -0.25) is 9.59 Å². The van der Waals surface area contributed by atoms with Gasteiger partial charge in [-0.2, -0.15) is 0 Å².